The molecule has 2 heterocycles. The number of para-hydroxylation sites is 1. The summed E-state index contributed by atoms with van der Waals surface area (Å²) >= 11 is 0. The molecule has 1 N–H and O–H groups in total. The molecule has 1 fully saturated rings. The van der Waals surface area contributed by atoms with Crippen LogP contribution in [0.2, 0.25) is 0 Å². The SMILES string of the molecule is Cc1cccc(C)c1-n1c(O)c(C=NCCCN2CCOCC2)c2ccccc2c1=O. The van der Waals surface area contributed by atoms with Crippen molar-refractivity contribution in [2.75, 3.05) is 39.4 Å². The van der Waals surface area contributed by atoms with E-state index in [1.54, 1.807) is 12.3 Å². The number of pyridine rings is 1. The number of aliphatic imine (C=N–C) groups is 1. The first-order valence-corrected chi connectivity index (χ1v) is 10.8. The number of aromatic nitrogens is 1. The average molecular weight is 420 g/mol. The summed E-state index contributed by atoms with van der Waals surface area (Å²) in [7, 11) is 0. The molecule has 162 valence electrons. The first-order valence-electron chi connectivity index (χ1n) is 10.8. The van der Waals surface area contributed by atoms with Crippen LogP contribution in [0.1, 0.15) is 23.1 Å². The Morgan fingerprint density at radius 3 is 2.42 bits per heavy atom. The molecule has 0 radical (unpaired) electrons. The first kappa shape index (κ1) is 21.3. The predicted octanol–water partition coefficient (Wildman–Crippen LogP) is 3.45. The average Bonchev–Trinajstić information content (AvgIpc) is 2.78. The molecular weight excluding hydrogens is 390 g/mol. The molecule has 2 aromatic carbocycles. The molecule has 0 amide bonds. The summed E-state index contributed by atoms with van der Waals surface area (Å²) in [5.74, 6) is -0.0713. The minimum Gasteiger partial charge on any atom is -0.494 e. The van der Waals surface area contributed by atoms with Gasteiger partial charge < -0.3 is 9.84 Å². The van der Waals surface area contributed by atoms with E-state index in [1.807, 2.05) is 50.2 Å². The van der Waals surface area contributed by atoms with Crippen LogP contribution in [0, 0.1) is 13.8 Å². The van der Waals surface area contributed by atoms with Gasteiger partial charge in [-0.15, -0.1) is 0 Å². The normalized spacial score (nSPS) is 15.2. The van der Waals surface area contributed by atoms with Crippen LogP contribution in [0.4, 0.5) is 0 Å². The molecule has 6 nitrogen and oxygen atoms in total. The van der Waals surface area contributed by atoms with E-state index >= 15 is 0 Å². The third-order valence-electron chi connectivity index (χ3n) is 5.85. The lowest BCUT2D eigenvalue weighted by atomic mass is 10.0. The van der Waals surface area contributed by atoms with Gasteiger partial charge in [0, 0.05) is 43.2 Å². The van der Waals surface area contributed by atoms with E-state index in [2.05, 4.69) is 9.89 Å². The summed E-state index contributed by atoms with van der Waals surface area (Å²) in [4.78, 5) is 20.3. The van der Waals surface area contributed by atoms with E-state index in [4.69, 9.17) is 4.74 Å². The van der Waals surface area contributed by atoms with Gasteiger partial charge in [0.1, 0.15) is 0 Å². The Morgan fingerprint density at radius 1 is 1.03 bits per heavy atom. The molecule has 1 aliphatic rings. The number of morpholine rings is 1. The summed E-state index contributed by atoms with van der Waals surface area (Å²) in [6, 6.07) is 13.2. The maximum Gasteiger partial charge on any atom is 0.265 e. The summed E-state index contributed by atoms with van der Waals surface area (Å²) in [5.41, 5.74) is 2.93. The van der Waals surface area contributed by atoms with Crippen molar-refractivity contribution < 1.29 is 9.84 Å². The number of ether oxygens (including phenoxy) is 1. The van der Waals surface area contributed by atoms with E-state index in [-0.39, 0.29) is 11.4 Å². The van der Waals surface area contributed by atoms with Crippen LogP contribution in [0.15, 0.2) is 52.3 Å². The van der Waals surface area contributed by atoms with Crippen molar-refractivity contribution in [2.24, 2.45) is 4.99 Å². The van der Waals surface area contributed by atoms with E-state index < -0.39 is 0 Å². The molecule has 1 saturated heterocycles. The van der Waals surface area contributed by atoms with E-state index in [0.717, 1.165) is 56.1 Å². The van der Waals surface area contributed by atoms with Gasteiger partial charge in [-0.1, -0.05) is 36.4 Å². The third-order valence-corrected chi connectivity index (χ3v) is 5.85. The van der Waals surface area contributed by atoms with Crippen LogP contribution < -0.4 is 5.56 Å². The van der Waals surface area contributed by atoms with Crippen molar-refractivity contribution in [3.05, 3.63) is 69.5 Å². The van der Waals surface area contributed by atoms with Crippen molar-refractivity contribution in [3.8, 4) is 11.6 Å². The number of nitrogens with zero attached hydrogens (tertiary/aromatic N) is 3. The Hall–Kier alpha value is -2.96. The van der Waals surface area contributed by atoms with Crippen molar-refractivity contribution >= 4 is 17.0 Å². The van der Waals surface area contributed by atoms with Crippen LogP contribution in [-0.2, 0) is 4.74 Å². The zero-order valence-corrected chi connectivity index (χ0v) is 18.2. The van der Waals surface area contributed by atoms with Crippen LogP contribution in [-0.4, -0.2) is 60.2 Å². The molecule has 1 aliphatic heterocycles. The highest BCUT2D eigenvalue weighted by molar-refractivity contribution is 6.01. The minimum absolute atomic E-state index is 0.0713. The second-order valence-corrected chi connectivity index (χ2v) is 8.01. The van der Waals surface area contributed by atoms with Gasteiger partial charge in [-0.2, -0.15) is 0 Å². The number of fused-ring (bicyclic) bond motifs is 1. The minimum atomic E-state index is -0.227. The van der Waals surface area contributed by atoms with Gasteiger partial charge in [0.05, 0.1) is 24.5 Å². The van der Waals surface area contributed by atoms with E-state index in [1.165, 1.54) is 4.57 Å². The molecule has 0 unspecified atom stereocenters. The zero-order valence-electron chi connectivity index (χ0n) is 18.2. The van der Waals surface area contributed by atoms with Gasteiger partial charge in [-0.05, 0) is 37.5 Å². The van der Waals surface area contributed by atoms with Crippen molar-refractivity contribution in [2.45, 2.75) is 20.3 Å². The van der Waals surface area contributed by atoms with Crippen LogP contribution in [0.5, 0.6) is 5.88 Å². The number of aryl methyl sites for hydroxylation is 2. The molecule has 6 heteroatoms. The quantitative estimate of drug-likeness (QED) is 0.491. The molecule has 0 bridgehead atoms. The molecule has 3 aromatic rings. The molecule has 0 spiro atoms. The van der Waals surface area contributed by atoms with Gasteiger partial charge >= 0.3 is 0 Å². The Labute approximate surface area is 182 Å². The van der Waals surface area contributed by atoms with Crippen molar-refractivity contribution in [1.82, 2.24) is 9.47 Å². The predicted molar refractivity (Wildman–Crippen MR) is 125 cm³/mol. The molecule has 1 aromatic heterocycles. The lowest BCUT2D eigenvalue weighted by molar-refractivity contribution is 0.0377. The molecular formula is C25H29N3O3. The maximum absolute atomic E-state index is 13.3. The van der Waals surface area contributed by atoms with Crippen LogP contribution >= 0.6 is 0 Å². The van der Waals surface area contributed by atoms with Gasteiger partial charge in [-0.25, -0.2) is 4.57 Å². The number of rotatable bonds is 6. The van der Waals surface area contributed by atoms with E-state index in [9.17, 15) is 9.90 Å². The smallest absolute Gasteiger partial charge is 0.265 e. The molecule has 4 rings (SSSR count). The Bertz CT molecular complexity index is 1140. The first-order chi connectivity index (χ1) is 15.1. The summed E-state index contributed by atoms with van der Waals surface area (Å²) < 4.78 is 6.80. The molecule has 0 saturated carbocycles. The lowest BCUT2D eigenvalue weighted by Gasteiger charge is -2.26. The summed E-state index contributed by atoms with van der Waals surface area (Å²) in [6.07, 6.45) is 2.65. The Balaban J connectivity index is 1.69. The molecule has 0 aliphatic carbocycles. The highest BCUT2D eigenvalue weighted by Gasteiger charge is 2.18. The fourth-order valence-electron chi connectivity index (χ4n) is 4.22. The van der Waals surface area contributed by atoms with Gasteiger partial charge in [-0.3, -0.25) is 14.7 Å². The fourth-order valence-corrected chi connectivity index (χ4v) is 4.22. The van der Waals surface area contributed by atoms with Crippen molar-refractivity contribution in [1.29, 1.82) is 0 Å². The Morgan fingerprint density at radius 2 is 1.71 bits per heavy atom. The lowest BCUT2D eigenvalue weighted by Crippen LogP contribution is -2.37. The second-order valence-electron chi connectivity index (χ2n) is 8.01. The Kier molecular flexibility index (Phi) is 6.49. The van der Waals surface area contributed by atoms with Crippen LogP contribution in [0.3, 0.4) is 0 Å². The highest BCUT2D eigenvalue weighted by Crippen LogP contribution is 2.28. The highest BCUT2D eigenvalue weighted by atomic mass is 16.5. The van der Waals surface area contributed by atoms with Gasteiger partial charge in [0.2, 0.25) is 5.88 Å². The topological polar surface area (TPSA) is 67.1 Å². The fraction of sp³-hybridized carbons (Fsp3) is 0.360. The van der Waals surface area contributed by atoms with Crippen LogP contribution in [0.25, 0.3) is 16.5 Å². The maximum atomic E-state index is 13.3. The third kappa shape index (κ3) is 4.40. The van der Waals surface area contributed by atoms with E-state index in [0.29, 0.717) is 22.9 Å². The molecule has 31 heavy (non-hydrogen) atoms. The van der Waals surface area contributed by atoms with Gasteiger partial charge in [0.15, 0.2) is 0 Å². The second kappa shape index (κ2) is 9.45. The number of benzene rings is 2. The summed E-state index contributed by atoms with van der Waals surface area (Å²) in [5, 5.41) is 12.5. The zero-order chi connectivity index (χ0) is 21.8. The standard InChI is InChI=1S/C25H29N3O3/c1-18-7-5-8-19(2)23(18)28-24(29)21-10-4-3-9-20(21)22(25(28)30)17-26-11-6-12-27-13-15-31-16-14-27/h3-5,7-10,17,30H,6,11-16H2,1-2H3. The monoisotopic (exact) mass is 419 g/mol. The number of aromatic hydroxyl groups is 1. The van der Waals surface area contributed by atoms with Gasteiger partial charge in [0.25, 0.3) is 5.56 Å². The van der Waals surface area contributed by atoms with Crippen molar-refractivity contribution in [3.63, 3.8) is 0 Å². The largest absolute Gasteiger partial charge is 0.494 e. The summed E-state index contributed by atoms with van der Waals surface area (Å²) in [6.45, 7) is 9.06. The number of hydrogen-bond acceptors (Lipinski definition) is 5. The number of hydrogen-bond donors (Lipinski definition) is 1. The molecule has 0 atom stereocenters.